The van der Waals surface area contributed by atoms with Gasteiger partial charge < -0.3 is 4.74 Å². The molecule has 1 heterocycles. The van der Waals surface area contributed by atoms with E-state index in [4.69, 9.17) is 4.74 Å². The molecule has 1 fully saturated rings. The molecule has 0 N–H and O–H groups in total. The molecule has 5 nitrogen and oxygen atoms in total. The van der Waals surface area contributed by atoms with Gasteiger partial charge in [0, 0.05) is 0 Å². The zero-order valence-corrected chi connectivity index (χ0v) is 7.38. The molecule has 1 aliphatic carbocycles. The van der Waals surface area contributed by atoms with Gasteiger partial charge in [-0.05, 0) is 18.8 Å². The standard InChI is InChI=1S/C8H11N3O2/c1-13-8(12)7(6-2-3-6)11-5-9-4-10-11/h4-7H,2-3H2,1H3. The Bertz CT molecular complexity index is 292. The average Bonchev–Trinajstić information content (AvgIpc) is 2.81. The summed E-state index contributed by atoms with van der Waals surface area (Å²) in [7, 11) is 1.40. The van der Waals surface area contributed by atoms with Crippen LogP contribution in [-0.2, 0) is 9.53 Å². The number of rotatable bonds is 3. The number of hydrogen-bond donors (Lipinski definition) is 0. The van der Waals surface area contributed by atoms with Crippen LogP contribution in [0.15, 0.2) is 12.7 Å². The SMILES string of the molecule is COC(=O)C(C1CC1)n1cncn1. The van der Waals surface area contributed by atoms with Crippen molar-refractivity contribution in [2.24, 2.45) is 5.92 Å². The highest BCUT2D eigenvalue weighted by molar-refractivity contribution is 5.74. The third-order valence-corrected chi connectivity index (χ3v) is 2.23. The highest BCUT2D eigenvalue weighted by atomic mass is 16.5. The Hall–Kier alpha value is -1.39. The first-order valence-corrected chi connectivity index (χ1v) is 4.25. The Kier molecular flexibility index (Phi) is 2.00. The molecule has 70 valence electrons. The van der Waals surface area contributed by atoms with Crippen molar-refractivity contribution >= 4 is 5.97 Å². The highest BCUT2D eigenvalue weighted by Crippen LogP contribution is 2.39. The number of hydrogen-bond acceptors (Lipinski definition) is 4. The molecule has 1 atom stereocenters. The van der Waals surface area contributed by atoms with Crippen LogP contribution in [0, 0.1) is 5.92 Å². The second-order valence-electron chi connectivity index (χ2n) is 3.18. The van der Waals surface area contributed by atoms with Crippen LogP contribution in [0.5, 0.6) is 0 Å². The maximum atomic E-state index is 11.4. The lowest BCUT2D eigenvalue weighted by molar-refractivity contribution is -0.145. The van der Waals surface area contributed by atoms with Crippen molar-refractivity contribution in [1.29, 1.82) is 0 Å². The topological polar surface area (TPSA) is 57.0 Å². The zero-order valence-electron chi connectivity index (χ0n) is 7.38. The van der Waals surface area contributed by atoms with E-state index in [0.717, 1.165) is 12.8 Å². The van der Waals surface area contributed by atoms with Crippen molar-refractivity contribution in [3.8, 4) is 0 Å². The summed E-state index contributed by atoms with van der Waals surface area (Å²) in [5.74, 6) is 0.155. The number of methoxy groups -OCH3 is 1. The molecule has 13 heavy (non-hydrogen) atoms. The number of carbonyl (C=O) groups excluding carboxylic acids is 1. The summed E-state index contributed by atoms with van der Waals surface area (Å²) in [4.78, 5) is 15.2. The van der Waals surface area contributed by atoms with Crippen LogP contribution < -0.4 is 0 Å². The van der Waals surface area contributed by atoms with E-state index >= 15 is 0 Å². The molecular weight excluding hydrogens is 170 g/mol. The molecule has 2 rings (SSSR count). The van der Waals surface area contributed by atoms with Crippen LogP contribution in [0.2, 0.25) is 0 Å². The van der Waals surface area contributed by atoms with Crippen molar-refractivity contribution in [2.45, 2.75) is 18.9 Å². The quantitative estimate of drug-likeness (QED) is 0.633. The molecule has 0 aromatic carbocycles. The Balaban J connectivity index is 2.18. The van der Waals surface area contributed by atoms with Crippen LogP contribution in [0.4, 0.5) is 0 Å². The van der Waals surface area contributed by atoms with Gasteiger partial charge in [-0.25, -0.2) is 14.5 Å². The molecule has 1 aromatic rings. The van der Waals surface area contributed by atoms with Gasteiger partial charge in [0.25, 0.3) is 0 Å². The third kappa shape index (κ3) is 1.54. The second kappa shape index (κ2) is 3.16. The molecule has 1 saturated carbocycles. The molecule has 0 spiro atoms. The Labute approximate surface area is 75.7 Å². The van der Waals surface area contributed by atoms with E-state index in [-0.39, 0.29) is 12.0 Å². The number of carbonyl (C=O) groups is 1. The fourth-order valence-electron chi connectivity index (χ4n) is 1.41. The lowest BCUT2D eigenvalue weighted by atomic mass is 10.2. The average molecular weight is 181 g/mol. The molecule has 0 bridgehead atoms. The fourth-order valence-corrected chi connectivity index (χ4v) is 1.41. The highest BCUT2D eigenvalue weighted by Gasteiger charge is 2.38. The minimum absolute atomic E-state index is 0.229. The van der Waals surface area contributed by atoms with Crippen LogP contribution in [-0.4, -0.2) is 27.8 Å². The Morgan fingerprint density at radius 2 is 2.46 bits per heavy atom. The number of nitrogens with zero attached hydrogens (tertiary/aromatic N) is 3. The van der Waals surface area contributed by atoms with E-state index in [2.05, 4.69) is 10.1 Å². The maximum absolute atomic E-state index is 11.4. The number of esters is 1. The lowest BCUT2D eigenvalue weighted by Crippen LogP contribution is -2.23. The molecule has 5 heteroatoms. The largest absolute Gasteiger partial charge is 0.467 e. The monoisotopic (exact) mass is 181 g/mol. The van der Waals surface area contributed by atoms with Crippen molar-refractivity contribution in [3.63, 3.8) is 0 Å². The first kappa shape index (κ1) is 8.22. The molecule has 1 aliphatic rings. The van der Waals surface area contributed by atoms with Crippen LogP contribution in [0.3, 0.4) is 0 Å². The molecule has 0 amide bonds. The second-order valence-corrected chi connectivity index (χ2v) is 3.18. The summed E-state index contributed by atoms with van der Waals surface area (Å²) in [5.41, 5.74) is 0. The van der Waals surface area contributed by atoms with Crippen molar-refractivity contribution in [3.05, 3.63) is 12.7 Å². The maximum Gasteiger partial charge on any atom is 0.331 e. The van der Waals surface area contributed by atoms with Gasteiger partial charge in [0.2, 0.25) is 0 Å². The first-order chi connectivity index (χ1) is 6.33. The molecule has 0 saturated heterocycles. The molecule has 1 aromatic heterocycles. The molecule has 0 radical (unpaired) electrons. The minimum Gasteiger partial charge on any atom is -0.467 e. The normalized spacial score (nSPS) is 18.2. The molecular formula is C8H11N3O2. The Morgan fingerprint density at radius 1 is 1.69 bits per heavy atom. The minimum atomic E-state index is -0.271. The van der Waals surface area contributed by atoms with Gasteiger partial charge in [-0.15, -0.1) is 0 Å². The van der Waals surface area contributed by atoms with Crippen molar-refractivity contribution < 1.29 is 9.53 Å². The van der Waals surface area contributed by atoms with Gasteiger partial charge in [-0.1, -0.05) is 0 Å². The summed E-state index contributed by atoms with van der Waals surface area (Å²) in [5, 5.41) is 3.95. The molecule has 1 unspecified atom stereocenters. The predicted octanol–water partition coefficient (Wildman–Crippen LogP) is 0.402. The molecule has 0 aliphatic heterocycles. The van der Waals surface area contributed by atoms with E-state index < -0.39 is 0 Å². The summed E-state index contributed by atoms with van der Waals surface area (Å²) >= 11 is 0. The smallest absolute Gasteiger partial charge is 0.331 e. The zero-order chi connectivity index (χ0) is 9.26. The van der Waals surface area contributed by atoms with Crippen LogP contribution in [0.25, 0.3) is 0 Å². The van der Waals surface area contributed by atoms with E-state index in [1.807, 2.05) is 0 Å². The van der Waals surface area contributed by atoms with Crippen molar-refractivity contribution in [2.75, 3.05) is 7.11 Å². The van der Waals surface area contributed by atoms with Gasteiger partial charge in [0.15, 0.2) is 6.04 Å². The summed E-state index contributed by atoms with van der Waals surface area (Å²) < 4.78 is 6.28. The van der Waals surface area contributed by atoms with E-state index in [1.54, 1.807) is 11.0 Å². The predicted molar refractivity (Wildman–Crippen MR) is 43.8 cm³/mol. The lowest BCUT2D eigenvalue weighted by Gasteiger charge is -2.12. The van der Waals surface area contributed by atoms with Crippen molar-refractivity contribution in [1.82, 2.24) is 14.8 Å². The van der Waals surface area contributed by atoms with E-state index in [0.29, 0.717) is 5.92 Å². The van der Waals surface area contributed by atoms with Gasteiger partial charge in [0.1, 0.15) is 12.7 Å². The van der Waals surface area contributed by atoms with Gasteiger partial charge in [0.05, 0.1) is 7.11 Å². The summed E-state index contributed by atoms with van der Waals surface area (Å²) in [6.07, 6.45) is 5.12. The number of ether oxygens (including phenoxy) is 1. The van der Waals surface area contributed by atoms with Crippen LogP contribution in [0.1, 0.15) is 18.9 Å². The van der Waals surface area contributed by atoms with E-state index in [9.17, 15) is 4.79 Å². The fraction of sp³-hybridized carbons (Fsp3) is 0.625. The van der Waals surface area contributed by atoms with Gasteiger partial charge >= 0.3 is 5.97 Å². The van der Waals surface area contributed by atoms with Gasteiger partial charge in [-0.3, -0.25) is 0 Å². The van der Waals surface area contributed by atoms with Crippen LogP contribution >= 0.6 is 0 Å². The first-order valence-electron chi connectivity index (χ1n) is 4.25. The summed E-state index contributed by atoms with van der Waals surface area (Å²) in [6, 6.07) is -0.271. The number of aromatic nitrogens is 3. The van der Waals surface area contributed by atoms with Gasteiger partial charge in [-0.2, -0.15) is 5.10 Å². The summed E-state index contributed by atoms with van der Waals surface area (Å²) in [6.45, 7) is 0. The Morgan fingerprint density at radius 3 is 2.92 bits per heavy atom. The van der Waals surface area contributed by atoms with E-state index in [1.165, 1.54) is 13.4 Å². The third-order valence-electron chi connectivity index (χ3n) is 2.23.